The van der Waals surface area contributed by atoms with Crippen molar-refractivity contribution in [3.63, 3.8) is 0 Å². The van der Waals surface area contributed by atoms with Crippen LogP contribution in [0.15, 0.2) is 22.7 Å². The van der Waals surface area contributed by atoms with Gasteiger partial charge >= 0.3 is 0 Å². The van der Waals surface area contributed by atoms with E-state index in [4.69, 9.17) is 19.7 Å². The Labute approximate surface area is 104 Å². The zero-order valence-electron chi connectivity index (χ0n) is 10.1. The standard InChI is InChI=1S/C12H13N3O3/c1-12(2,13)11-14-10(15-18-11)7-3-4-8-9(5-7)17-6-16-8/h3-5H,6,13H2,1-2H3. The molecule has 0 spiro atoms. The summed E-state index contributed by atoms with van der Waals surface area (Å²) in [5.41, 5.74) is 6.05. The van der Waals surface area contributed by atoms with Crippen LogP contribution in [-0.2, 0) is 5.54 Å². The highest BCUT2D eigenvalue weighted by molar-refractivity contribution is 5.61. The van der Waals surface area contributed by atoms with Crippen LogP contribution in [0.3, 0.4) is 0 Å². The van der Waals surface area contributed by atoms with Crippen LogP contribution in [0.5, 0.6) is 11.5 Å². The molecule has 2 heterocycles. The van der Waals surface area contributed by atoms with Gasteiger partial charge in [-0.2, -0.15) is 4.98 Å². The summed E-state index contributed by atoms with van der Waals surface area (Å²) in [4.78, 5) is 4.28. The third-order valence-electron chi connectivity index (χ3n) is 2.61. The number of hydrogen-bond donors (Lipinski definition) is 1. The molecule has 2 N–H and O–H groups in total. The predicted octanol–water partition coefficient (Wildman–Crippen LogP) is 1.66. The monoisotopic (exact) mass is 247 g/mol. The van der Waals surface area contributed by atoms with Crippen molar-refractivity contribution < 1.29 is 14.0 Å². The molecule has 0 saturated heterocycles. The third kappa shape index (κ3) is 1.80. The summed E-state index contributed by atoms with van der Waals surface area (Å²) in [5.74, 6) is 2.30. The van der Waals surface area contributed by atoms with Crippen molar-refractivity contribution in [1.82, 2.24) is 10.1 Å². The fourth-order valence-electron chi connectivity index (χ4n) is 1.64. The first-order valence-electron chi connectivity index (χ1n) is 5.57. The van der Waals surface area contributed by atoms with E-state index >= 15 is 0 Å². The Morgan fingerprint density at radius 1 is 1.22 bits per heavy atom. The van der Waals surface area contributed by atoms with Crippen molar-refractivity contribution in [3.05, 3.63) is 24.1 Å². The van der Waals surface area contributed by atoms with Gasteiger partial charge in [-0.05, 0) is 32.0 Å². The topological polar surface area (TPSA) is 83.4 Å². The largest absolute Gasteiger partial charge is 0.454 e. The molecule has 3 rings (SSSR count). The minimum Gasteiger partial charge on any atom is -0.454 e. The molecule has 94 valence electrons. The van der Waals surface area contributed by atoms with Gasteiger partial charge in [-0.15, -0.1) is 0 Å². The van der Waals surface area contributed by atoms with Gasteiger partial charge in [0.1, 0.15) is 0 Å². The first-order valence-corrected chi connectivity index (χ1v) is 5.57. The Morgan fingerprint density at radius 3 is 2.72 bits per heavy atom. The Morgan fingerprint density at radius 2 is 2.00 bits per heavy atom. The van der Waals surface area contributed by atoms with Gasteiger partial charge in [0.2, 0.25) is 18.5 Å². The minimum absolute atomic E-state index is 0.242. The maximum atomic E-state index is 5.90. The zero-order chi connectivity index (χ0) is 12.8. The SMILES string of the molecule is CC(C)(N)c1nc(-c2ccc3c(c2)OCO3)no1. The van der Waals surface area contributed by atoms with Gasteiger partial charge in [0, 0.05) is 5.56 Å². The van der Waals surface area contributed by atoms with Crippen LogP contribution in [0, 0.1) is 0 Å². The minimum atomic E-state index is -0.651. The highest BCUT2D eigenvalue weighted by Gasteiger charge is 2.23. The molecule has 0 radical (unpaired) electrons. The van der Waals surface area contributed by atoms with E-state index in [1.54, 1.807) is 0 Å². The summed E-state index contributed by atoms with van der Waals surface area (Å²) < 4.78 is 15.7. The van der Waals surface area contributed by atoms with Crippen LogP contribution >= 0.6 is 0 Å². The second-order valence-electron chi connectivity index (χ2n) is 4.71. The summed E-state index contributed by atoms with van der Waals surface area (Å²) in [6.45, 7) is 3.86. The van der Waals surface area contributed by atoms with Gasteiger partial charge in [0.15, 0.2) is 11.5 Å². The molecule has 1 aliphatic heterocycles. The molecule has 1 aliphatic rings. The summed E-state index contributed by atoms with van der Waals surface area (Å²) in [5, 5.41) is 3.92. The summed E-state index contributed by atoms with van der Waals surface area (Å²) in [6, 6.07) is 5.49. The van der Waals surface area contributed by atoms with Crippen molar-refractivity contribution in [2.24, 2.45) is 5.73 Å². The van der Waals surface area contributed by atoms with E-state index in [-0.39, 0.29) is 6.79 Å². The van der Waals surface area contributed by atoms with E-state index in [9.17, 15) is 0 Å². The van der Waals surface area contributed by atoms with Crippen molar-refractivity contribution in [3.8, 4) is 22.9 Å². The Bertz CT molecular complexity index is 586. The molecule has 6 heteroatoms. The molecule has 0 aliphatic carbocycles. The van der Waals surface area contributed by atoms with Gasteiger partial charge in [-0.3, -0.25) is 0 Å². The summed E-state index contributed by atoms with van der Waals surface area (Å²) >= 11 is 0. The van der Waals surface area contributed by atoms with Crippen molar-refractivity contribution in [1.29, 1.82) is 0 Å². The third-order valence-corrected chi connectivity index (χ3v) is 2.61. The fraction of sp³-hybridized carbons (Fsp3) is 0.333. The normalized spacial score (nSPS) is 13.9. The first kappa shape index (κ1) is 11.0. The van der Waals surface area contributed by atoms with E-state index < -0.39 is 5.54 Å². The fourth-order valence-corrected chi connectivity index (χ4v) is 1.64. The zero-order valence-corrected chi connectivity index (χ0v) is 10.1. The van der Waals surface area contributed by atoms with Crippen LogP contribution in [-0.4, -0.2) is 16.9 Å². The number of ether oxygens (including phenoxy) is 2. The molecule has 0 amide bonds. The molecule has 6 nitrogen and oxygen atoms in total. The van der Waals surface area contributed by atoms with Gasteiger partial charge in [0.05, 0.1) is 5.54 Å². The lowest BCUT2D eigenvalue weighted by Crippen LogP contribution is -2.28. The molecular weight excluding hydrogens is 234 g/mol. The highest BCUT2D eigenvalue weighted by Crippen LogP contribution is 2.35. The molecule has 0 bridgehead atoms. The Balaban J connectivity index is 1.98. The van der Waals surface area contributed by atoms with E-state index in [1.807, 2.05) is 32.0 Å². The smallest absolute Gasteiger partial charge is 0.246 e. The number of fused-ring (bicyclic) bond motifs is 1. The maximum Gasteiger partial charge on any atom is 0.246 e. The molecule has 0 atom stereocenters. The number of nitrogens with two attached hydrogens (primary N) is 1. The van der Waals surface area contributed by atoms with Gasteiger partial charge in [-0.25, -0.2) is 0 Å². The first-order chi connectivity index (χ1) is 8.54. The molecule has 18 heavy (non-hydrogen) atoms. The lowest BCUT2D eigenvalue weighted by molar-refractivity contribution is 0.174. The lowest BCUT2D eigenvalue weighted by atomic mass is 10.1. The van der Waals surface area contributed by atoms with Gasteiger partial charge < -0.3 is 19.7 Å². The van der Waals surface area contributed by atoms with E-state index in [1.165, 1.54) is 0 Å². The number of rotatable bonds is 2. The van der Waals surface area contributed by atoms with Crippen molar-refractivity contribution in [2.75, 3.05) is 6.79 Å². The quantitative estimate of drug-likeness (QED) is 0.868. The van der Waals surface area contributed by atoms with E-state index in [2.05, 4.69) is 10.1 Å². The summed E-state index contributed by atoms with van der Waals surface area (Å²) in [7, 11) is 0. The van der Waals surface area contributed by atoms with Crippen LogP contribution in [0.1, 0.15) is 19.7 Å². The average molecular weight is 247 g/mol. The van der Waals surface area contributed by atoms with E-state index in [0.29, 0.717) is 17.5 Å². The van der Waals surface area contributed by atoms with E-state index in [0.717, 1.165) is 11.3 Å². The Kier molecular flexibility index (Phi) is 2.27. The predicted molar refractivity (Wildman–Crippen MR) is 63.1 cm³/mol. The number of hydrogen-bond acceptors (Lipinski definition) is 6. The number of nitrogens with zero attached hydrogens (tertiary/aromatic N) is 2. The second kappa shape index (κ2) is 3.71. The molecule has 1 aromatic carbocycles. The molecule has 0 unspecified atom stereocenters. The maximum absolute atomic E-state index is 5.90. The Hall–Kier alpha value is -2.08. The van der Waals surface area contributed by atoms with Gasteiger partial charge in [-0.1, -0.05) is 5.16 Å². The van der Waals surface area contributed by atoms with Crippen LogP contribution < -0.4 is 15.2 Å². The summed E-state index contributed by atoms with van der Waals surface area (Å²) in [6.07, 6.45) is 0. The molecule has 1 aromatic heterocycles. The van der Waals surface area contributed by atoms with Crippen LogP contribution in [0.4, 0.5) is 0 Å². The molecule has 2 aromatic rings. The number of benzene rings is 1. The van der Waals surface area contributed by atoms with Crippen molar-refractivity contribution in [2.45, 2.75) is 19.4 Å². The highest BCUT2D eigenvalue weighted by atomic mass is 16.7. The van der Waals surface area contributed by atoms with Crippen molar-refractivity contribution >= 4 is 0 Å². The van der Waals surface area contributed by atoms with Gasteiger partial charge in [0.25, 0.3) is 0 Å². The molecule has 0 fully saturated rings. The second-order valence-corrected chi connectivity index (χ2v) is 4.71. The molecule has 0 saturated carbocycles. The number of aromatic nitrogens is 2. The average Bonchev–Trinajstić information content (AvgIpc) is 2.96. The van der Waals surface area contributed by atoms with Crippen LogP contribution in [0.2, 0.25) is 0 Å². The molecular formula is C12H13N3O3. The van der Waals surface area contributed by atoms with Crippen LogP contribution in [0.25, 0.3) is 11.4 Å². The lowest BCUT2D eigenvalue weighted by Gasteiger charge is -2.10.